The molecule has 3 aliphatic heterocycles. The van der Waals surface area contributed by atoms with E-state index in [9.17, 15) is 19.2 Å². The van der Waals surface area contributed by atoms with Crippen LogP contribution in [0.25, 0.3) is 0 Å². The zero-order chi connectivity index (χ0) is 21.3. The van der Waals surface area contributed by atoms with Crippen molar-refractivity contribution in [3.05, 3.63) is 34.9 Å². The number of nitrogens with zero attached hydrogens (tertiary/aromatic N) is 1. The lowest BCUT2D eigenvalue weighted by molar-refractivity contribution is -0.136. The van der Waals surface area contributed by atoms with Gasteiger partial charge in [-0.3, -0.25) is 29.4 Å². The number of carbonyl (C=O) groups excluding carboxylic acids is 4. The number of ether oxygens (including phenoxy) is 1. The van der Waals surface area contributed by atoms with Crippen molar-refractivity contribution in [2.75, 3.05) is 19.6 Å². The topological polar surface area (TPSA) is 117 Å². The van der Waals surface area contributed by atoms with E-state index in [0.29, 0.717) is 17.7 Å². The molecule has 0 bridgehead atoms. The lowest BCUT2D eigenvalue weighted by Crippen LogP contribution is -2.54. The fourth-order valence-electron chi connectivity index (χ4n) is 4.17. The van der Waals surface area contributed by atoms with E-state index in [-0.39, 0.29) is 31.0 Å². The third kappa shape index (κ3) is 4.14. The maximum absolute atomic E-state index is 12.8. The fraction of sp³-hybridized carbons (Fsp3) is 0.524. The van der Waals surface area contributed by atoms with Gasteiger partial charge in [0.1, 0.15) is 6.04 Å². The van der Waals surface area contributed by atoms with E-state index >= 15 is 0 Å². The lowest BCUT2D eigenvalue weighted by atomic mass is 10.0. The largest absolute Gasteiger partial charge is 0.373 e. The van der Waals surface area contributed by atoms with Gasteiger partial charge in [0.15, 0.2) is 0 Å². The summed E-state index contributed by atoms with van der Waals surface area (Å²) in [6.45, 7) is 5.10. The number of hydrogen-bond donors (Lipinski definition) is 3. The Bertz CT molecular complexity index is 886. The van der Waals surface area contributed by atoms with Gasteiger partial charge in [0.25, 0.3) is 11.8 Å². The van der Waals surface area contributed by atoms with Crippen molar-refractivity contribution >= 4 is 23.6 Å². The van der Waals surface area contributed by atoms with Crippen molar-refractivity contribution in [1.82, 2.24) is 20.9 Å². The number of morpholine rings is 1. The molecule has 0 radical (unpaired) electrons. The Hall–Kier alpha value is -2.62. The van der Waals surface area contributed by atoms with E-state index in [1.165, 1.54) is 0 Å². The Morgan fingerprint density at radius 1 is 1.13 bits per heavy atom. The highest BCUT2D eigenvalue weighted by molar-refractivity contribution is 6.23. The predicted octanol–water partition coefficient (Wildman–Crippen LogP) is -0.0556. The first-order valence-corrected chi connectivity index (χ1v) is 10.4. The van der Waals surface area contributed by atoms with E-state index in [1.54, 1.807) is 12.1 Å². The second-order valence-corrected chi connectivity index (χ2v) is 8.02. The second kappa shape index (κ2) is 8.63. The molecule has 2 fully saturated rings. The summed E-state index contributed by atoms with van der Waals surface area (Å²) in [5.74, 6) is -1.96. The van der Waals surface area contributed by atoms with Gasteiger partial charge >= 0.3 is 0 Å². The SMILES string of the molecule is CC1CNCC(CCNCc2ccc3c(c2)C(=O)N(C2CCC(=O)NC2=O)C3=O)O1. The van der Waals surface area contributed by atoms with Crippen LogP contribution >= 0.6 is 0 Å². The van der Waals surface area contributed by atoms with Crippen LogP contribution in [0.15, 0.2) is 18.2 Å². The Balaban J connectivity index is 1.36. The van der Waals surface area contributed by atoms with Crippen molar-refractivity contribution < 1.29 is 23.9 Å². The van der Waals surface area contributed by atoms with Gasteiger partial charge in [-0.1, -0.05) is 6.07 Å². The van der Waals surface area contributed by atoms with Gasteiger partial charge in [-0.25, -0.2) is 0 Å². The summed E-state index contributed by atoms with van der Waals surface area (Å²) in [6, 6.07) is 4.21. The molecule has 0 aromatic heterocycles. The van der Waals surface area contributed by atoms with Crippen LogP contribution in [-0.2, 0) is 20.9 Å². The van der Waals surface area contributed by atoms with Crippen LogP contribution in [-0.4, -0.2) is 66.4 Å². The molecule has 3 heterocycles. The molecule has 0 spiro atoms. The molecule has 0 aliphatic carbocycles. The zero-order valence-electron chi connectivity index (χ0n) is 16.9. The average Bonchev–Trinajstić information content (AvgIpc) is 2.96. The van der Waals surface area contributed by atoms with Gasteiger partial charge in [-0.2, -0.15) is 0 Å². The number of nitrogens with one attached hydrogen (secondary N) is 3. The Labute approximate surface area is 174 Å². The smallest absolute Gasteiger partial charge is 0.262 e. The Morgan fingerprint density at radius 3 is 2.70 bits per heavy atom. The van der Waals surface area contributed by atoms with E-state index < -0.39 is 23.8 Å². The average molecular weight is 414 g/mol. The molecule has 4 rings (SSSR count). The molecule has 1 aromatic carbocycles. The third-order valence-electron chi connectivity index (χ3n) is 5.70. The van der Waals surface area contributed by atoms with Crippen LogP contribution in [0, 0.1) is 0 Å². The molecule has 3 aliphatic rings. The first kappa shape index (κ1) is 20.6. The van der Waals surface area contributed by atoms with E-state index in [0.717, 1.165) is 36.5 Å². The third-order valence-corrected chi connectivity index (χ3v) is 5.70. The van der Waals surface area contributed by atoms with Crippen LogP contribution in [0.4, 0.5) is 0 Å². The van der Waals surface area contributed by atoms with Gasteiger partial charge < -0.3 is 15.4 Å². The highest BCUT2D eigenvalue weighted by Crippen LogP contribution is 2.28. The van der Waals surface area contributed by atoms with Crippen LogP contribution in [0.2, 0.25) is 0 Å². The van der Waals surface area contributed by atoms with Gasteiger partial charge in [0, 0.05) is 26.1 Å². The van der Waals surface area contributed by atoms with Crippen LogP contribution in [0.5, 0.6) is 0 Å². The summed E-state index contributed by atoms with van der Waals surface area (Å²) < 4.78 is 5.87. The number of piperidine rings is 1. The second-order valence-electron chi connectivity index (χ2n) is 8.02. The molecule has 3 atom stereocenters. The van der Waals surface area contributed by atoms with Crippen molar-refractivity contribution in [1.29, 1.82) is 0 Å². The molecular weight excluding hydrogens is 388 g/mol. The maximum Gasteiger partial charge on any atom is 0.262 e. The van der Waals surface area contributed by atoms with E-state index in [4.69, 9.17) is 4.74 Å². The summed E-state index contributed by atoms with van der Waals surface area (Å²) in [4.78, 5) is 50.0. The fourth-order valence-corrected chi connectivity index (χ4v) is 4.17. The van der Waals surface area contributed by atoms with E-state index in [2.05, 4.69) is 16.0 Å². The number of rotatable bonds is 6. The van der Waals surface area contributed by atoms with Crippen LogP contribution in [0.3, 0.4) is 0 Å². The number of carbonyl (C=O) groups is 4. The molecule has 3 unspecified atom stereocenters. The lowest BCUT2D eigenvalue weighted by Gasteiger charge is -2.28. The van der Waals surface area contributed by atoms with Gasteiger partial charge in [0.05, 0.1) is 23.3 Å². The Kier molecular flexibility index (Phi) is 5.94. The minimum absolute atomic E-state index is 0.109. The molecule has 30 heavy (non-hydrogen) atoms. The molecule has 9 nitrogen and oxygen atoms in total. The van der Waals surface area contributed by atoms with Gasteiger partial charge in [-0.05, 0) is 44.0 Å². The molecule has 160 valence electrons. The minimum atomic E-state index is -0.942. The normalized spacial score (nSPS) is 26.7. The summed E-state index contributed by atoms with van der Waals surface area (Å²) in [7, 11) is 0. The summed E-state index contributed by atoms with van der Waals surface area (Å²) in [5.41, 5.74) is 1.48. The summed E-state index contributed by atoms with van der Waals surface area (Å²) >= 11 is 0. The number of benzene rings is 1. The first-order valence-electron chi connectivity index (χ1n) is 10.4. The van der Waals surface area contributed by atoms with Crippen LogP contribution < -0.4 is 16.0 Å². The predicted molar refractivity (Wildman–Crippen MR) is 107 cm³/mol. The molecule has 9 heteroatoms. The highest BCUT2D eigenvalue weighted by Gasteiger charge is 2.44. The number of fused-ring (bicyclic) bond motifs is 1. The number of imide groups is 2. The molecule has 2 saturated heterocycles. The molecule has 1 aromatic rings. The van der Waals surface area contributed by atoms with Crippen molar-refractivity contribution in [3.63, 3.8) is 0 Å². The Morgan fingerprint density at radius 2 is 1.93 bits per heavy atom. The molecule has 4 amide bonds. The zero-order valence-corrected chi connectivity index (χ0v) is 16.9. The van der Waals surface area contributed by atoms with Crippen molar-refractivity contribution in [2.45, 2.75) is 51.0 Å². The van der Waals surface area contributed by atoms with Crippen LogP contribution in [0.1, 0.15) is 52.5 Å². The maximum atomic E-state index is 12.8. The standard InChI is InChI=1S/C21H26N4O5/c1-12-9-23-11-14(30-12)6-7-22-10-13-2-3-15-16(8-13)21(29)25(20(15)28)17-4-5-18(26)24-19(17)27/h2-3,8,12,14,17,22-23H,4-7,9-11H2,1H3,(H,24,26,27). The number of hydrogen-bond acceptors (Lipinski definition) is 7. The van der Waals surface area contributed by atoms with Gasteiger partial charge in [0.2, 0.25) is 11.8 Å². The quantitative estimate of drug-likeness (QED) is 0.441. The molecule has 3 N–H and O–H groups in total. The molecule has 0 saturated carbocycles. The number of amides is 4. The van der Waals surface area contributed by atoms with Gasteiger partial charge in [-0.15, -0.1) is 0 Å². The summed E-state index contributed by atoms with van der Waals surface area (Å²) in [5, 5.41) is 8.89. The van der Waals surface area contributed by atoms with Crippen molar-refractivity contribution in [3.8, 4) is 0 Å². The highest BCUT2D eigenvalue weighted by atomic mass is 16.5. The minimum Gasteiger partial charge on any atom is -0.373 e. The first-order chi connectivity index (χ1) is 14.4. The van der Waals surface area contributed by atoms with E-state index in [1.807, 2.05) is 13.0 Å². The summed E-state index contributed by atoms with van der Waals surface area (Å²) in [6.07, 6.45) is 1.54. The van der Waals surface area contributed by atoms with Crippen molar-refractivity contribution in [2.24, 2.45) is 0 Å². The molecular formula is C21H26N4O5. The monoisotopic (exact) mass is 414 g/mol.